The van der Waals surface area contributed by atoms with E-state index in [0.29, 0.717) is 5.82 Å². The van der Waals surface area contributed by atoms with Gasteiger partial charge in [-0.15, -0.1) is 0 Å². The zero-order chi connectivity index (χ0) is 12.1. The molecule has 2 aromatic rings. The van der Waals surface area contributed by atoms with E-state index < -0.39 is 0 Å². The lowest BCUT2D eigenvalue weighted by Gasteiger charge is -2.04. The summed E-state index contributed by atoms with van der Waals surface area (Å²) >= 11 is 1.52. The van der Waals surface area contributed by atoms with E-state index in [1.807, 2.05) is 24.3 Å². The van der Waals surface area contributed by atoms with Crippen LogP contribution in [0.1, 0.15) is 0 Å². The predicted molar refractivity (Wildman–Crippen MR) is 67.0 cm³/mol. The molecule has 0 fully saturated rings. The second-order valence-electron chi connectivity index (χ2n) is 3.17. The highest BCUT2D eigenvalue weighted by Crippen LogP contribution is 2.29. The smallest absolute Gasteiger partial charge is 0.144 e. The van der Waals surface area contributed by atoms with E-state index in [0.717, 1.165) is 15.7 Å². The minimum atomic E-state index is 0.588. The fraction of sp³-hybridized carbons (Fsp3) is 0.0909. The van der Waals surface area contributed by atoms with Gasteiger partial charge in [0.05, 0.1) is 7.11 Å². The first-order chi connectivity index (χ1) is 8.31. The molecule has 88 valence electrons. The Hall–Kier alpha value is -1.79. The molecule has 17 heavy (non-hydrogen) atoms. The molecule has 0 radical (unpaired) electrons. The molecule has 1 aromatic carbocycles. The number of nitrogens with zero attached hydrogens (tertiary/aromatic N) is 2. The van der Waals surface area contributed by atoms with Gasteiger partial charge in [-0.3, -0.25) is 0 Å². The van der Waals surface area contributed by atoms with Crippen molar-refractivity contribution in [2.75, 3.05) is 12.5 Å². The van der Waals surface area contributed by atoms with Gasteiger partial charge in [-0.25, -0.2) is 15.8 Å². The van der Waals surface area contributed by atoms with Crippen molar-refractivity contribution in [3.8, 4) is 5.75 Å². The highest BCUT2D eigenvalue weighted by molar-refractivity contribution is 7.99. The number of hydrazine groups is 1. The van der Waals surface area contributed by atoms with Crippen LogP contribution in [0.3, 0.4) is 0 Å². The molecule has 2 rings (SSSR count). The summed E-state index contributed by atoms with van der Waals surface area (Å²) in [6.07, 6.45) is 1.47. The van der Waals surface area contributed by atoms with Crippen LogP contribution in [-0.2, 0) is 0 Å². The minimum Gasteiger partial charge on any atom is -0.497 e. The van der Waals surface area contributed by atoms with Gasteiger partial charge in [0, 0.05) is 11.0 Å². The first-order valence-corrected chi connectivity index (χ1v) is 5.74. The second-order valence-corrected chi connectivity index (χ2v) is 4.26. The third kappa shape index (κ3) is 3.08. The molecule has 0 aliphatic heterocycles. The number of nitrogen functional groups attached to an aromatic ring is 1. The van der Waals surface area contributed by atoms with Crippen molar-refractivity contribution in [2.24, 2.45) is 5.84 Å². The molecule has 0 saturated carbocycles. The lowest BCUT2D eigenvalue weighted by Crippen LogP contribution is -2.08. The number of nitrogens with one attached hydrogen (secondary N) is 1. The van der Waals surface area contributed by atoms with E-state index >= 15 is 0 Å². The topological polar surface area (TPSA) is 73.1 Å². The summed E-state index contributed by atoms with van der Waals surface area (Å²) in [5.74, 6) is 6.70. The van der Waals surface area contributed by atoms with Gasteiger partial charge >= 0.3 is 0 Å². The summed E-state index contributed by atoms with van der Waals surface area (Å²) in [6, 6.07) is 9.55. The molecule has 0 spiro atoms. The van der Waals surface area contributed by atoms with E-state index in [9.17, 15) is 0 Å². The van der Waals surface area contributed by atoms with Crippen molar-refractivity contribution >= 4 is 17.6 Å². The molecule has 6 heteroatoms. The quantitative estimate of drug-likeness (QED) is 0.489. The zero-order valence-electron chi connectivity index (χ0n) is 9.25. The van der Waals surface area contributed by atoms with Crippen LogP contribution in [0.25, 0.3) is 0 Å². The fourth-order valence-electron chi connectivity index (χ4n) is 1.26. The Bertz CT molecular complexity index is 461. The second kappa shape index (κ2) is 5.51. The molecule has 0 aliphatic rings. The Labute approximate surface area is 103 Å². The monoisotopic (exact) mass is 248 g/mol. The van der Waals surface area contributed by atoms with Crippen molar-refractivity contribution in [3.05, 3.63) is 36.7 Å². The third-order valence-electron chi connectivity index (χ3n) is 2.05. The van der Waals surface area contributed by atoms with Crippen LogP contribution in [0.2, 0.25) is 0 Å². The number of nitrogens with two attached hydrogens (primary N) is 1. The summed E-state index contributed by atoms with van der Waals surface area (Å²) in [4.78, 5) is 9.15. The number of anilines is 1. The highest BCUT2D eigenvalue weighted by atomic mass is 32.2. The van der Waals surface area contributed by atoms with E-state index in [2.05, 4.69) is 15.4 Å². The normalized spacial score (nSPS) is 10.0. The highest BCUT2D eigenvalue weighted by Gasteiger charge is 2.02. The first kappa shape index (κ1) is 11.7. The molecule has 3 N–H and O–H groups in total. The van der Waals surface area contributed by atoms with Gasteiger partial charge in [-0.05, 0) is 18.2 Å². The van der Waals surface area contributed by atoms with Gasteiger partial charge in [0.1, 0.15) is 22.9 Å². The maximum atomic E-state index is 5.29. The van der Waals surface area contributed by atoms with E-state index in [4.69, 9.17) is 10.6 Å². The van der Waals surface area contributed by atoms with Gasteiger partial charge in [0.15, 0.2) is 0 Å². The molecule has 0 bridgehead atoms. The molecule has 0 aliphatic carbocycles. The Morgan fingerprint density at radius 2 is 2.18 bits per heavy atom. The van der Waals surface area contributed by atoms with E-state index in [1.54, 1.807) is 13.2 Å². The van der Waals surface area contributed by atoms with Crippen LogP contribution in [-0.4, -0.2) is 17.1 Å². The maximum Gasteiger partial charge on any atom is 0.144 e. The van der Waals surface area contributed by atoms with Crippen molar-refractivity contribution in [2.45, 2.75) is 9.92 Å². The predicted octanol–water partition coefficient (Wildman–Crippen LogP) is 1.92. The SMILES string of the molecule is COc1cccc(Sc2cc(NN)ncn2)c1. The molecule has 0 unspecified atom stereocenters. The third-order valence-corrected chi connectivity index (χ3v) is 2.98. The zero-order valence-corrected chi connectivity index (χ0v) is 10.1. The molecular formula is C11H12N4OS. The lowest BCUT2D eigenvalue weighted by atomic mass is 10.3. The number of ether oxygens (including phenoxy) is 1. The fourth-order valence-corrected chi connectivity index (χ4v) is 2.09. The van der Waals surface area contributed by atoms with Crippen LogP contribution in [0.15, 0.2) is 46.6 Å². The van der Waals surface area contributed by atoms with Crippen LogP contribution >= 0.6 is 11.8 Å². The number of aromatic nitrogens is 2. The number of methoxy groups -OCH3 is 1. The number of hydrogen-bond acceptors (Lipinski definition) is 6. The van der Waals surface area contributed by atoms with Crippen molar-refractivity contribution in [1.29, 1.82) is 0 Å². The van der Waals surface area contributed by atoms with E-state index in [1.165, 1.54) is 18.1 Å². The first-order valence-electron chi connectivity index (χ1n) is 4.92. The van der Waals surface area contributed by atoms with Crippen LogP contribution in [0.4, 0.5) is 5.82 Å². The lowest BCUT2D eigenvalue weighted by molar-refractivity contribution is 0.413. The van der Waals surface area contributed by atoms with Crippen LogP contribution in [0.5, 0.6) is 5.75 Å². The summed E-state index contributed by atoms with van der Waals surface area (Å²) in [5, 5.41) is 0.821. The summed E-state index contributed by atoms with van der Waals surface area (Å²) in [5.41, 5.74) is 2.49. The minimum absolute atomic E-state index is 0.588. The summed E-state index contributed by atoms with van der Waals surface area (Å²) in [6.45, 7) is 0. The number of hydrogen-bond donors (Lipinski definition) is 2. The maximum absolute atomic E-state index is 5.29. The molecule has 0 saturated heterocycles. The van der Waals surface area contributed by atoms with E-state index in [-0.39, 0.29) is 0 Å². The van der Waals surface area contributed by atoms with Crippen molar-refractivity contribution < 1.29 is 4.74 Å². The summed E-state index contributed by atoms with van der Waals surface area (Å²) in [7, 11) is 1.64. The molecule has 0 amide bonds. The number of benzene rings is 1. The number of rotatable bonds is 4. The molecular weight excluding hydrogens is 236 g/mol. The Morgan fingerprint density at radius 3 is 2.94 bits per heavy atom. The van der Waals surface area contributed by atoms with Gasteiger partial charge in [0.2, 0.25) is 0 Å². The Morgan fingerprint density at radius 1 is 1.29 bits per heavy atom. The standard InChI is InChI=1S/C11H12N4OS/c1-16-8-3-2-4-9(5-8)17-11-6-10(15-12)13-7-14-11/h2-7H,12H2,1H3,(H,13,14,15). The molecule has 5 nitrogen and oxygen atoms in total. The van der Waals surface area contributed by atoms with Gasteiger partial charge in [-0.1, -0.05) is 17.8 Å². The average Bonchev–Trinajstić information content (AvgIpc) is 2.39. The molecule has 0 atom stereocenters. The van der Waals surface area contributed by atoms with Crippen molar-refractivity contribution in [3.63, 3.8) is 0 Å². The summed E-state index contributed by atoms with van der Waals surface area (Å²) < 4.78 is 5.16. The molecule has 1 heterocycles. The van der Waals surface area contributed by atoms with Gasteiger partial charge in [0.25, 0.3) is 0 Å². The largest absolute Gasteiger partial charge is 0.497 e. The molecule has 1 aromatic heterocycles. The van der Waals surface area contributed by atoms with Gasteiger partial charge in [-0.2, -0.15) is 0 Å². The van der Waals surface area contributed by atoms with Crippen LogP contribution in [0, 0.1) is 0 Å². The van der Waals surface area contributed by atoms with Crippen LogP contribution < -0.4 is 16.0 Å². The average molecular weight is 248 g/mol. The Balaban J connectivity index is 2.18. The van der Waals surface area contributed by atoms with Crippen molar-refractivity contribution in [1.82, 2.24) is 9.97 Å². The van der Waals surface area contributed by atoms with Gasteiger partial charge < -0.3 is 10.2 Å². The Kier molecular flexibility index (Phi) is 3.79.